The molecular weight excluding hydrogens is 574 g/mol. The van der Waals surface area contributed by atoms with Crippen molar-refractivity contribution in [1.82, 2.24) is 24.4 Å². The third-order valence-electron chi connectivity index (χ3n) is 8.77. The highest BCUT2D eigenvalue weighted by molar-refractivity contribution is 7.59. The summed E-state index contributed by atoms with van der Waals surface area (Å²) >= 11 is 0. The predicted octanol–water partition coefficient (Wildman–Crippen LogP) is 4.73. The number of rotatable bonds is 8. The Bertz CT molecular complexity index is 1470. The second-order valence-electron chi connectivity index (χ2n) is 13.2. The molecule has 1 atom stereocenters. The lowest BCUT2D eigenvalue weighted by Crippen LogP contribution is -2.55. The molecule has 0 saturated carbocycles. The van der Waals surface area contributed by atoms with Gasteiger partial charge in [0.1, 0.15) is 23.2 Å². The molecule has 5 rings (SSSR count). The number of piperazine rings is 1. The van der Waals surface area contributed by atoms with Crippen LogP contribution < -0.4 is 9.64 Å². The normalized spacial score (nSPS) is 19.3. The van der Waals surface area contributed by atoms with Crippen molar-refractivity contribution in [3.8, 4) is 22.9 Å². The Labute approximate surface area is 268 Å². The molecule has 0 radical (unpaired) electrons. The number of anilines is 1. The van der Waals surface area contributed by atoms with Gasteiger partial charge < -0.3 is 19.3 Å². The minimum absolute atomic E-state index is 0. The monoisotopic (exact) mass is 621 g/mol. The fourth-order valence-electron chi connectivity index (χ4n) is 6.40. The van der Waals surface area contributed by atoms with E-state index in [0.717, 1.165) is 74.6 Å². The van der Waals surface area contributed by atoms with Crippen LogP contribution in [0.5, 0.6) is 5.75 Å². The van der Waals surface area contributed by atoms with Crippen LogP contribution in [0.15, 0.2) is 36.8 Å². The van der Waals surface area contributed by atoms with Crippen LogP contribution in [0, 0.1) is 16.7 Å². The summed E-state index contributed by atoms with van der Waals surface area (Å²) in [4.78, 5) is 25.2. The van der Waals surface area contributed by atoms with Gasteiger partial charge in [-0.15, -0.1) is 0 Å². The molecule has 2 fully saturated rings. The van der Waals surface area contributed by atoms with Crippen molar-refractivity contribution in [2.24, 2.45) is 5.41 Å². The summed E-state index contributed by atoms with van der Waals surface area (Å²) in [6.45, 7) is 16.2. The molecule has 3 aromatic rings. The Morgan fingerprint density at radius 1 is 1.16 bits per heavy atom. The van der Waals surface area contributed by atoms with Crippen LogP contribution in [0.25, 0.3) is 16.6 Å². The number of nitriles is 1. The van der Waals surface area contributed by atoms with E-state index in [1.54, 1.807) is 16.9 Å². The smallest absolute Gasteiger partial charge is 0.306 e. The van der Waals surface area contributed by atoms with Crippen molar-refractivity contribution in [1.29, 1.82) is 5.26 Å². The predicted molar refractivity (Wildman–Crippen MR) is 178 cm³/mol. The highest BCUT2D eigenvalue weighted by atomic mass is 32.1. The first kappa shape index (κ1) is 33.6. The van der Waals surface area contributed by atoms with Gasteiger partial charge in [-0.3, -0.25) is 9.69 Å². The molecule has 0 bridgehead atoms. The Hall–Kier alpha value is -3.33. The van der Waals surface area contributed by atoms with E-state index >= 15 is 0 Å². The van der Waals surface area contributed by atoms with E-state index in [2.05, 4.69) is 45.9 Å². The summed E-state index contributed by atoms with van der Waals surface area (Å²) in [6.07, 6.45) is 7.47. The second-order valence-corrected chi connectivity index (χ2v) is 13.2. The molecule has 0 unspecified atom stereocenters. The van der Waals surface area contributed by atoms with E-state index in [1.165, 1.54) is 0 Å². The van der Waals surface area contributed by atoms with Crippen molar-refractivity contribution in [2.45, 2.75) is 65.5 Å². The van der Waals surface area contributed by atoms with E-state index in [-0.39, 0.29) is 24.9 Å². The first-order valence-corrected chi connectivity index (χ1v) is 15.4. The second kappa shape index (κ2) is 13.8. The third kappa shape index (κ3) is 7.65. The Morgan fingerprint density at radius 3 is 2.52 bits per heavy atom. The van der Waals surface area contributed by atoms with E-state index in [4.69, 9.17) is 14.5 Å². The molecular formula is C33H47N7O3S. The molecule has 0 aromatic carbocycles. The van der Waals surface area contributed by atoms with Gasteiger partial charge in [0.05, 0.1) is 36.5 Å². The number of nitrogens with zero attached hydrogens (tertiary/aromatic N) is 7. The standard InChI is InChI=1S/C33H45N7O3.H2S/c1-7-42-27-16-28(31-26(18-34)20-36-40(31)22-27)25-8-9-29(35-19-25)39-12-10-33(11-13-39,17-30(41)43-32(3,4)5)23-38-15-14-37(6)24(2)21-38;/h8-9,16,19-20,22,24H,7,10-15,17,21,23H2,1-6H3;1H2/t24-;/m0./s1. The summed E-state index contributed by atoms with van der Waals surface area (Å²) in [7, 11) is 2.19. The molecule has 2 aliphatic heterocycles. The highest BCUT2D eigenvalue weighted by Gasteiger charge is 2.40. The molecule has 2 saturated heterocycles. The molecule has 5 heterocycles. The number of carbonyl (C=O) groups is 1. The zero-order chi connectivity index (χ0) is 30.8. The Balaban J connectivity index is 0.00000442. The number of ether oxygens (including phenoxy) is 2. The lowest BCUT2D eigenvalue weighted by molar-refractivity contribution is -0.158. The molecule has 238 valence electrons. The fraction of sp³-hybridized carbons (Fsp3) is 0.576. The molecule has 11 heteroatoms. The van der Waals surface area contributed by atoms with Crippen molar-refractivity contribution >= 4 is 30.8 Å². The van der Waals surface area contributed by atoms with E-state index in [0.29, 0.717) is 30.4 Å². The molecule has 44 heavy (non-hydrogen) atoms. The van der Waals surface area contributed by atoms with Gasteiger partial charge in [0.2, 0.25) is 0 Å². The van der Waals surface area contributed by atoms with Gasteiger partial charge in [-0.2, -0.15) is 23.9 Å². The van der Waals surface area contributed by atoms with Crippen LogP contribution in [0.4, 0.5) is 5.82 Å². The maximum absolute atomic E-state index is 13.1. The van der Waals surface area contributed by atoms with Gasteiger partial charge in [0.25, 0.3) is 0 Å². The molecule has 2 aliphatic rings. The van der Waals surface area contributed by atoms with Crippen LogP contribution in [0.3, 0.4) is 0 Å². The maximum atomic E-state index is 13.1. The molecule has 0 N–H and O–H groups in total. The summed E-state index contributed by atoms with van der Waals surface area (Å²) in [5.41, 5.74) is 2.38. The van der Waals surface area contributed by atoms with Crippen molar-refractivity contribution in [3.05, 3.63) is 42.4 Å². The molecule has 0 aliphatic carbocycles. The van der Waals surface area contributed by atoms with Crippen LogP contribution in [0.2, 0.25) is 0 Å². The topological polar surface area (TPSA) is 99.2 Å². The van der Waals surface area contributed by atoms with Crippen molar-refractivity contribution in [3.63, 3.8) is 0 Å². The minimum atomic E-state index is -0.494. The molecule has 3 aromatic heterocycles. The van der Waals surface area contributed by atoms with Gasteiger partial charge in [-0.1, -0.05) is 0 Å². The third-order valence-corrected chi connectivity index (χ3v) is 8.77. The first-order chi connectivity index (χ1) is 20.5. The molecule has 0 spiro atoms. The Kier molecular flexibility index (Phi) is 10.5. The number of hydrogen-bond acceptors (Lipinski definition) is 9. The van der Waals surface area contributed by atoms with Gasteiger partial charge in [0, 0.05) is 62.6 Å². The van der Waals surface area contributed by atoms with Crippen LogP contribution >= 0.6 is 13.5 Å². The van der Waals surface area contributed by atoms with Crippen molar-refractivity contribution in [2.75, 3.05) is 57.8 Å². The average Bonchev–Trinajstić information content (AvgIpc) is 3.37. The van der Waals surface area contributed by atoms with Crippen molar-refractivity contribution < 1.29 is 14.3 Å². The van der Waals surface area contributed by atoms with Crippen LogP contribution in [0.1, 0.15) is 59.4 Å². The van der Waals surface area contributed by atoms with Gasteiger partial charge in [-0.25, -0.2) is 9.50 Å². The molecule has 10 nitrogen and oxygen atoms in total. The maximum Gasteiger partial charge on any atom is 0.306 e. The number of hydrogen-bond donors (Lipinski definition) is 0. The van der Waals surface area contributed by atoms with Gasteiger partial charge in [-0.05, 0) is 78.1 Å². The summed E-state index contributed by atoms with van der Waals surface area (Å²) in [5.74, 6) is 1.49. The lowest BCUT2D eigenvalue weighted by atomic mass is 9.74. The number of carbonyl (C=O) groups excluding carboxylic acids is 1. The van der Waals surface area contributed by atoms with E-state index < -0.39 is 5.60 Å². The highest BCUT2D eigenvalue weighted by Crippen LogP contribution is 2.39. The number of esters is 1. The zero-order valence-corrected chi connectivity index (χ0v) is 28.0. The fourth-order valence-corrected chi connectivity index (χ4v) is 6.40. The number of piperidine rings is 1. The van der Waals surface area contributed by atoms with Gasteiger partial charge >= 0.3 is 5.97 Å². The lowest BCUT2D eigenvalue weighted by Gasteiger charge is -2.47. The summed E-state index contributed by atoms with van der Waals surface area (Å²) in [6, 6.07) is 8.79. The molecule has 0 amide bonds. The largest absolute Gasteiger partial charge is 0.492 e. The Morgan fingerprint density at radius 2 is 1.91 bits per heavy atom. The van der Waals surface area contributed by atoms with Gasteiger partial charge in [0.15, 0.2) is 0 Å². The summed E-state index contributed by atoms with van der Waals surface area (Å²) in [5, 5.41) is 14.0. The van der Waals surface area contributed by atoms with E-state index in [9.17, 15) is 10.1 Å². The quantitative estimate of drug-likeness (QED) is 0.331. The van der Waals surface area contributed by atoms with E-state index in [1.807, 2.05) is 46.0 Å². The summed E-state index contributed by atoms with van der Waals surface area (Å²) < 4.78 is 13.3. The van der Waals surface area contributed by atoms with Crippen LogP contribution in [-0.2, 0) is 9.53 Å². The number of aromatic nitrogens is 3. The average molecular weight is 622 g/mol. The first-order valence-electron chi connectivity index (χ1n) is 15.4. The zero-order valence-electron chi connectivity index (χ0n) is 27.0. The minimum Gasteiger partial charge on any atom is -0.492 e. The SMILES string of the molecule is CCOc1cc(-c2ccc(N3CCC(CC(=O)OC(C)(C)C)(CN4CCN(C)[C@@H](C)C4)CC3)nc2)c2c(C#N)cnn2c1.S. The number of pyridine rings is 2. The number of fused-ring (bicyclic) bond motifs is 1. The van der Waals surface area contributed by atoms with Crippen LogP contribution in [-0.4, -0.2) is 94.9 Å². The number of likely N-dealkylation sites (N-methyl/N-ethyl adjacent to an activating group) is 1.